The van der Waals surface area contributed by atoms with Crippen molar-refractivity contribution in [1.29, 1.82) is 0 Å². The van der Waals surface area contributed by atoms with Crippen molar-refractivity contribution < 1.29 is 28.3 Å². The predicted octanol–water partition coefficient (Wildman–Crippen LogP) is 3.45. The van der Waals surface area contributed by atoms with Gasteiger partial charge < -0.3 is 28.8 Å². The van der Waals surface area contributed by atoms with Crippen molar-refractivity contribution in [2.24, 2.45) is 0 Å². The normalized spacial score (nSPS) is 10.4. The zero-order valence-corrected chi connectivity index (χ0v) is 17.1. The molecule has 1 heterocycles. The molecule has 158 valence electrons. The molecule has 0 saturated heterocycles. The average Bonchev–Trinajstić information content (AvgIpc) is 3.26. The molecule has 0 aliphatic rings. The van der Waals surface area contributed by atoms with Crippen LogP contribution in [0.25, 0.3) is 11.3 Å². The van der Waals surface area contributed by atoms with E-state index in [-0.39, 0.29) is 19.1 Å². The molecule has 1 N–H and O–H groups in total. The molecule has 3 aromatic rings. The largest absolute Gasteiger partial charge is 0.494 e. The van der Waals surface area contributed by atoms with Crippen LogP contribution in [-0.2, 0) is 11.3 Å². The highest BCUT2D eigenvalue weighted by Crippen LogP contribution is 2.32. The lowest BCUT2D eigenvalue weighted by molar-refractivity contribution is -0.123. The Labute approximate surface area is 174 Å². The number of amides is 1. The van der Waals surface area contributed by atoms with Crippen LogP contribution in [0.3, 0.4) is 0 Å². The second kappa shape index (κ2) is 10.2. The van der Waals surface area contributed by atoms with Crippen LogP contribution in [0.15, 0.2) is 53.1 Å². The standard InChI is InChI=1S/C22H24N2O6/c1-4-28-17-6-8-18(9-7-17)29-14-22(25)23-13-16-12-20(30-24-16)15-5-10-19(26-2)21(11-15)27-3/h5-12H,4,13-14H2,1-3H3,(H,23,25). The molecule has 8 nitrogen and oxygen atoms in total. The van der Waals surface area contributed by atoms with Crippen molar-refractivity contribution in [2.45, 2.75) is 13.5 Å². The molecule has 0 fully saturated rings. The van der Waals surface area contributed by atoms with E-state index in [1.165, 1.54) is 0 Å². The molecule has 0 unspecified atom stereocenters. The minimum absolute atomic E-state index is 0.103. The number of nitrogens with zero attached hydrogens (tertiary/aromatic N) is 1. The molecule has 0 bridgehead atoms. The second-order valence-corrected chi connectivity index (χ2v) is 6.22. The van der Waals surface area contributed by atoms with E-state index in [1.54, 1.807) is 56.7 Å². The molecule has 0 spiro atoms. The van der Waals surface area contributed by atoms with E-state index in [4.69, 9.17) is 23.5 Å². The summed E-state index contributed by atoms with van der Waals surface area (Å²) in [5.74, 6) is 2.86. The molecular formula is C22H24N2O6. The molecule has 0 aliphatic carbocycles. The van der Waals surface area contributed by atoms with E-state index in [9.17, 15) is 4.79 Å². The fraction of sp³-hybridized carbons (Fsp3) is 0.273. The maximum atomic E-state index is 12.0. The van der Waals surface area contributed by atoms with Crippen LogP contribution in [0.2, 0.25) is 0 Å². The fourth-order valence-electron chi connectivity index (χ4n) is 2.71. The predicted molar refractivity (Wildman–Crippen MR) is 110 cm³/mol. The van der Waals surface area contributed by atoms with E-state index >= 15 is 0 Å². The van der Waals surface area contributed by atoms with Crippen LogP contribution >= 0.6 is 0 Å². The van der Waals surface area contributed by atoms with Crippen LogP contribution in [-0.4, -0.2) is 38.5 Å². The fourth-order valence-corrected chi connectivity index (χ4v) is 2.71. The number of aromatic nitrogens is 1. The number of hydrogen-bond acceptors (Lipinski definition) is 7. The summed E-state index contributed by atoms with van der Waals surface area (Å²) in [5, 5.41) is 6.74. The number of benzene rings is 2. The monoisotopic (exact) mass is 412 g/mol. The molecule has 0 saturated carbocycles. The molecule has 0 aliphatic heterocycles. The average molecular weight is 412 g/mol. The van der Waals surface area contributed by atoms with E-state index in [0.29, 0.717) is 35.3 Å². The Kier molecular flexibility index (Phi) is 7.15. The van der Waals surface area contributed by atoms with Gasteiger partial charge in [-0.25, -0.2) is 0 Å². The molecule has 0 radical (unpaired) electrons. The SMILES string of the molecule is CCOc1ccc(OCC(=O)NCc2cc(-c3ccc(OC)c(OC)c3)on2)cc1. The Morgan fingerprint density at radius 1 is 0.967 bits per heavy atom. The molecule has 8 heteroatoms. The highest BCUT2D eigenvalue weighted by molar-refractivity contribution is 5.77. The first-order valence-corrected chi connectivity index (χ1v) is 9.43. The molecule has 2 aromatic carbocycles. The minimum Gasteiger partial charge on any atom is -0.494 e. The smallest absolute Gasteiger partial charge is 0.258 e. The lowest BCUT2D eigenvalue weighted by Gasteiger charge is -2.08. The summed E-state index contributed by atoms with van der Waals surface area (Å²) < 4.78 is 26.8. The van der Waals surface area contributed by atoms with Crippen molar-refractivity contribution in [2.75, 3.05) is 27.4 Å². The van der Waals surface area contributed by atoms with E-state index in [2.05, 4.69) is 10.5 Å². The third kappa shape index (κ3) is 5.44. The van der Waals surface area contributed by atoms with Crippen molar-refractivity contribution in [3.63, 3.8) is 0 Å². The summed E-state index contributed by atoms with van der Waals surface area (Å²) in [7, 11) is 3.14. The van der Waals surface area contributed by atoms with Gasteiger partial charge in [0.1, 0.15) is 17.2 Å². The first-order valence-electron chi connectivity index (χ1n) is 9.43. The Bertz CT molecular complexity index is 968. The Morgan fingerprint density at radius 2 is 1.67 bits per heavy atom. The number of hydrogen-bond donors (Lipinski definition) is 1. The van der Waals surface area contributed by atoms with Gasteiger partial charge in [0.05, 0.1) is 27.4 Å². The Hall–Kier alpha value is -3.68. The van der Waals surface area contributed by atoms with Gasteiger partial charge in [-0.1, -0.05) is 5.16 Å². The first kappa shape index (κ1) is 21.0. The minimum atomic E-state index is -0.264. The summed E-state index contributed by atoms with van der Waals surface area (Å²) >= 11 is 0. The second-order valence-electron chi connectivity index (χ2n) is 6.22. The summed E-state index contributed by atoms with van der Waals surface area (Å²) in [6, 6.07) is 14.3. The van der Waals surface area contributed by atoms with Crippen LogP contribution < -0.4 is 24.3 Å². The van der Waals surface area contributed by atoms with Crippen molar-refractivity contribution in [3.8, 4) is 34.3 Å². The van der Waals surface area contributed by atoms with Crippen LogP contribution in [0.4, 0.5) is 0 Å². The quantitative estimate of drug-likeness (QED) is 0.545. The summed E-state index contributed by atoms with van der Waals surface area (Å²) in [6.45, 7) is 2.63. The molecule has 1 amide bonds. The van der Waals surface area contributed by atoms with Gasteiger partial charge in [0, 0.05) is 11.6 Å². The number of rotatable bonds is 10. The Balaban J connectivity index is 1.50. The molecular weight excluding hydrogens is 388 g/mol. The van der Waals surface area contributed by atoms with Gasteiger partial charge in [-0.15, -0.1) is 0 Å². The van der Waals surface area contributed by atoms with E-state index < -0.39 is 0 Å². The maximum Gasteiger partial charge on any atom is 0.258 e. The number of carbonyl (C=O) groups excluding carboxylic acids is 1. The zero-order chi connectivity index (χ0) is 21.3. The van der Waals surface area contributed by atoms with E-state index in [0.717, 1.165) is 11.3 Å². The van der Waals surface area contributed by atoms with Gasteiger partial charge >= 0.3 is 0 Å². The van der Waals surface area contributed by atoms with Crippen LogP contribution in [0, 0.1) is 0 Å². The van der Waals surface area contributed by atoms with E-state index in [1.807, 2.05) is 13.0 Å². The van der Waals surface area contributed by atoms with Gasteiger partial charge in [-0.3, -0.25) is 4.79 Å². The van der Waals surface area contributed by atoms with Gasteiger partial charge in [-0.2, -0.15) is 0 Å². The zero-order valence-electron chi connectivity index (χ0n) is 17.1. The first-order chi connectivity index (χ1) is 14.6. The van der Waals surface area contributed by atoms with Gasteiger partial charge in [0.15, 0.2) is 23.9 Å². The van der Waals surface area contributed by atoms with Gasteiger partial charge in [-0.05, 0) is 49.4 Å². The summed E-state index contributed by atoms with van der Waals surface area (Å²) in [5.41, 5.74) is 1.38. The summed E-state index contributed by atoms with van der Waals surface area (Å²) in [4.78, 5) is 12.0. The lowest BCUT2D eigenvalue weighted by atomic mass is 10.1. The number of nitrogens with one attached hydrogen (secondary N) is 1. The third-order valence-electron chi connectivity index (χ3n) is 4.20. The van der Waals surface area contributed by atoms with Gasteiger partial charge in [0.2, 0.25) is 0 Å². The topological polar surface area (TPSA) is 92.1 Å². The van der Waals surface area contributed by atoms with Crippen LogP contribution in [0.5, 0.6) is 23.0 Å². The highest BCUT2D eigenvalue weighted by atomic mass is 16.5. The molecule has 0 atom stereocenters. The van der Waals surface area contributed by atoms with Crippen molar-refractivity contribution in [1.82, 2.24) is 10.5 Å². The van der Waals surface area contributed by atoms with Crippen LogP contribution in [0.1, 0.15) is 12.6 Å². The number of ether oxygens (including phenoxy) is 4. The number of methoxy groups -OCH3 is 2. The summed E-state index contributed by atoms with van der Waals surface area (Å²) in [6.07, 6.45) is 0. The third-order valence-corrected chi connectivity index (χ3v) is 4.20. The maximum absolute atomic E-state index is 12.0. The molecule has 30 heavy (non-hydrogen) atoms. The lowest BCUT2D eigenvalue weighted by Crippen LogP contribution is -2.28. The number of carbonyl (C=O) groups is 1. The highest BCUT2D eigenvalue weighted by Gasteiger charge is 2.12. The Morgan fingerprint density at radius 3 is 2.33 bits per heavy atom. The van der Waals surface area contributed by atoms with Gasteiger partial charge in [0.25, 0.3) is 5.91 Å². The van der Waals surface area contributed by atoms with Crippen molar-refractivity contribution >= 4 is 5.91 Å². The molecule has 1 aromatic heterocycles. The van der Waals surface area contributed by atoms with Crippen molar-refractivity contribution in [3.05, 3.63) is 54.2 Å². The molecule has 3 rings (SSSR count).